The second kappa shape index (κ2) is 8.48. The van der Waals surface area contributed by atoms with Gasteiger partial charge in [0.05, 0.1) is 10.5 Å². The third kappa shape index (κ3) is 4.55. The van der Waals surface area contributed by atoms with Crippen molar-refractivity contribution in [2.75, 3.05) is 17.6 Å². The molecule has 0 amide bonds. The average molecular weight is 412 g/mol. The third-order valence-corrected chi connectivity index (χ3v) is 5.12. The van der Waals surface area contributed by atoms with Gasteiger partial charge in [-0.3, -0.25) is 14.9 Å². The van der Waals surface area contributed by atoms with Gasteiger partial charge < -0.3 is 16.2 Å². The zero-order valence-corrected chi connectivity index (χ0v) is 15.8. The van der Waals surface area contributed by atoms with E-state index in [1.165, 1.54) is 30.3 Å². The Balaban J connectivity index is 1.68. The number of benzene rings is 2. The standard InChI is InChI=1S/C19H16N4O5S/c20-17-16(15(24)13-3-1-2-4-14(13)23(27)28)29-19(22-17)21-10-9-11-5-7-12(8-6-11)18(25)26/h1-8H,9-10,20H2,(H,21,22)(H,25,26). The molecule has 0 aliphatic heterocycles. The number of nitrogens with zero attached hydrogens (tertiary/aromatic N) is 2. The summed E-state index contributed by atoms with van der Waals surface area (Å²) in [5, 5.41) is 23.5. The predicted molar refractivity (Wildman–Crippen MR) is 109 cm³/mol. The molecule has 0 aliphatic rings. The van der Waals surface area contributed by atoms with Crippen molar-refractivity contribution < 1.29 is 19.6 Å². The van der Waals surface area contributed by atoms with Crippen LogP contribution in [0.5, 0.6) is 0 Å². The number of carboxylic acids is 1. The van der Waals surface area contributed by atoms with Crippen molar-refractivity contribution in [3.05, 3.63) is 80.2 Å². The van der Waals surface area contributed by atoms with E-state index in [2.05, 4.69) is 10.3 Å². The van der Waals surface area contributed by atoms with Crippen LogP contribution in [0.4, 0.5) is 16.6 Å². The number of carbonyl (C=O) groups excluding carboxylic acids is 1. The van der Waals surface area contributed by atoms with Gasteiger partial charge in [-0.25, -0.2) is 9.78 Å². The van der Waals surface area contributed by atoms with E-state index in [4.69, 9.17) is 10.8 Å². The lowest BCUT2D eigenvalue weighted by atomic mass is 10.1. The summed E-state index contributed by atoms with van der Waals surface area (Å²) in [4.78, 5) is 38.3. The lowest BCUT2D eigenvalue weighted by Crippen LogP contribution is -2.06. The van der Waals surface area contributed by atoms with Gasteiger partial charge in [0.25, 0.3) is 5.69 Å². The van der Waals surface area contributed by atoms with Gasteiger partial charge in [0.15, 0.2) is 5.13 Å². The highest BCUT2D eigenvalue weighted by Gasteiger charge is 2.24. The maximum atomic E-state index is 12.7. The fourth-order valence-corrected chi connectivity index (χ4v) is 3.51. The number of aromatic carboxylic acids is 1. The Morgan fingerprint density at radius 3 is 2.52 bits per heavy atom. The molecule has 0 saturated carbocycles. The first-order valence-electron chi connectivity index (χ1n) is 8.47. The van der Waals surface area contributed by atoms with Crippen LogP contribution in [0.2, 0.25) is 0 Å². The molecule has 0 atom stereocenters. The molecule has 0 radical (unpaired) electrons. The maximum Gasteiger partial charge on any atom is 0.335 e. The molecule has 148 valence electrons. The Bertz CT molecular complexity index is 1080. The van der Waals surface area contributed by atoms with Crippen LogP contribution in [0.25, 0.3) is 0 Å². The summed E-state index contributed by atoms with van der Waals surface area (Å²) in [6, 6.07) is 12.2. The normalized spacial score (nSPS) is 10.5. The number of nitro benzene ring substituents is 1. The Labute approximate surface area is 169 Å². The second-order valence-electron chi connectivity index (χ2n) is 6.02. The third-order valence-electron chi connectivity index (χ3n) is 4.10. The number of nitro groups is 1. The summed E-state index contributed by atoms with van der Waals surface area (Å²) >= 11 is 1.03. The average Bonchev–Trinajstić information content (AvgIpc) is 3.08. The number of nitrogens with one attached hydrogen (secondary N) is 1. The lowest BCUT2D eigenvalue weighted by molar-refractivity contribution is -0.385. The molecule has 0 bridgehead atoms. The van der Waals surface area contributed by atoms with Crippen LogP contribution >= 0.6 is 11.3 Å². The van der Waals surface area contributed by atoms with E-state index in [1.807, 2.05) is 0 Å². The number of hydrogen-bond acceptors (Lipinski definition) is 8. The highest BCUT2D eigenvalue weighted by Crippen LogP contribution is 2.30. The molecule has 2 aromatic carbocycles. The topological polar surface area (TPSA) is 148 Å². The molecular weight excluding hydrogens is 396 g/mol. The van der Waals surface area contributed by atoms with Gasteiger partial charge in [-0.15, -0.1) is 0 Å². The highest BCUT2D eigenvalue weighted by atomic mass is 32.1. The number of anilines is 2. The molecule has 3 aromatic rings. The monoisotopic (exact) mass is 412 g/mol. The fraction of sp³-hybridized carbons (Fsp3) is 0.105. The van der Waals surface area contributed by atoms with E-state index in [-0.39, 0.29) is 27.5 Å². The minimum Gasteiger partial charge on any atom is -0.478 e. The molecule has 0 fully saturated rings. The minimum absolute atomic E-state index is 0.00598. The van der Waals surface area contributed by atoms with Crippen LogP contribution in [-0.2, 0) is 6.42 Å². The van der Waals surface area contributed by atoms with Gasteiger partial charge in [-0.05, 0) is 30.2 Å². The SMILES string of the molecule is Nc1nc(NCCc2ccc(C(=O)O)cc2)sc1C(=O)c1ccccc1[N+](=O)[O-]. The molecule has 0 unspecified atom stereocenters. The summed E-state index contributed by atoms with van der Waals surface area (Å²) in [5.74, 6) is -1.53. The number of rotatable bonds is 8. The number of ketones is 1. The van der Waals surface area contributed by atoms with Crippen molar-refractivity contribution in [2.45, 2.75) is 6.42 Å². The molecular formula is C19H16N4O5S. The van der Waals surface area contributed by atoms with Gasteiger partial charge in [0.1, 0.15) is 16.3 Å². The van der Waals surface area contributed by atoms with Crippen molar-refractivity contribution in [1.29, 1.82) is 0 Å². The summed E-state index contributed by atoms with van der Waals surface area (Å²) in [7, 11) is 0. The Morgan fingerprint density at radius 2 is 1.86 bits per heavy atom. The first-order valence-corrected chi connectivity index (χ1v) is 9.29. The Kier molecular flexibility index (Phi) is 5.84. The van der Waals surface area contributed by atoms with E-state index in [0.717, 1.165) is 16.9 Å². The van der Waals surface area contributed by atoms with Gasteiger partial charge in [-0.1, -0.05) is 35.6 Å². The van der Waals surface area contributed by atoms with Crippen LogP contribution in [0.3, 0.4) is 0 Å². The molecule has 0 spiro atoms. The smallest absolute Gasteiger partial charge is 0.335 e. The molecule has 9 nitrogen and oxygen atoms in total. The van der Waals surface area contributed by atoms with E-state index in [0.29, 0.717) is 18.1 Å². The number of nitrogens with two attached hydrogens (primary N) is 1. The first-order chi connectivity index (χ1) is 13.9. The van der Waals surface area contributed by atoms with Crippen molar-refractivity contribution in [1.82, 2.24) is 4.98 Å². The van der Waals surface area contributed by atoms with E-state index in [1.54, 1.807) is 18.2 Å². The van der Waals surface area contributed by atoms with Crippen LogP contribution < -0.4 is 11.1 Å². The largest absolute Gasteiger partial charge is 0.478 e. The maximum absolute atomic E-state index is 12.7. The fourth-order valence-electron chi connectivity index (χ4n) is 2.65. The number of thiazole rings is 1. The van der Waals surface area contributed by atoms with E-state index >= 15 is 0 Å². The van der Waals surface area contributed by atoms with Gasteiger partial charge in [0, 0.05) is 12.6 Å². The summed E-state index contributed by atoms with van der Waals surface area (Å²) in [5.41, 5.74) is 6.66. The Morgan fingerprint density at radius 1 is 1.17 bits per heavy atom. The summed E-state index contributed by atoms with van der Waals surface area (Å²) in [6.07, 6.45) is 0.604. The summed E-state index contributed by atoms with van der Waals surface area (Å²) in [6.45, 7) is 0.485. The van der Waals surface area contributed by atoms with Crippen LogP contribution in [0, 0.1) is 10.1 Å². The number of para-hydroxylation sites is 1. The lowest BCUT2D eigenvalue weighted by Gasteiger charge is -2.03. The van der Waals surface area contributed by atoms with Crippen molar-refractivity contribution >= 4 is 39.7 Å². The van der Waals surface area contributed by atoms with Crippen molar-refractivity contribution in [3.8, 4) is 0 Å². The van der Waals surface area contributed by atoms with Crippen LogP contribution in [-0.4, -0.2) is 33.3 Å². The number of carboxylic acid groups (broad SMARTS) is 1. The first kappa shape index (κ1) is 20.0. The number of hydrogen-bond donors (Lipinski definition) is 3. The van der Waals surface area contributed by atoms with Crippen molar-refractivity contribution in [2.24, 2.45) is 0 Å². The van der Waals surface area contributed by atoms with Gasteiger partial charge in [-0.2, -0.15) is 0 Å². The molecule has 29 heavy (non-hydrogen) atoms. The minimum atomic E-state index is -0.983. The molecule has 3 rings (SSSR count). The van der Waals surface area contributed by atoms with Crippen molar-refractivity contribution in [3.63, 3.8) is 0 Å². The zero-order chi connectivity index (χ0) is 21.0. The van der Waals surface area contributed by atoms with Crippen LogP contribution in [0.1, 0.15) is 31.2 Å². The second-order valence-corrected chi connectivity index (χ2v) is 7.01. The molecule has 0 aliphatic carbocycles. The van der Waals surface area contributed by atoms with Crippen LogP contribution in [0.15, 0.2) is 48.5 Å². The van der Waals surface area contributed by atoms with Gasteiger partial charge >= 0.3 is 5.97 Å². The Hall–Kier alpha value is -3.79. The number of carbonyl (C=O) groups is 2. The number of nitrogen functional groups attached to an aromatic ring is 1. The number of aromatic nitrogens is 1. The highest BCUT2D eigenvalue weighted by molar-refractivity contribution is 7.18. The predicted octanol–water partition coefficient (Wildman–Crippen LogP) is 3.22. The van der Waals surface area contributed by atoms with E-state index < -0.39 is 16.7 Å². The van der Waals surface area contributed by atoms with Gasteiger partial charge in [0.2, 0.25) is 5.78 Å². The molecule has 0 saturated heterocycles. The van der Waals surface area contributed by atoms with E-state index in [9.17, 15) is 19.7 Å². The molecule has 1 heterocycles. The molecule has 10 heteroatoms. The quantitative estimate of drug-likeness (QED) is 0.290. The molecule has 4 N–H and O–H groups in total. The zero-order valence-electron chi connectivity index (χ0n) is 15.0. The molecule has 1 aromatic heterocycles. The summed E-state index contributed by atoms with van der Waals surface area (Å²) < 4.78 is 0.